The first-order valence-corrected chi connectivity index (χ1v) is 15.6. The molecule has 0 bridgehead atoms. The maximum Gasteiger partial charge on any atom is 0.320 e. The molecule has 0 aromatic rings. The van der Waals surface area contributed by atoms with Gasteiger partial charge in [0.15, 0.2) is 5.96 Å². The molecule has 0 aliphatic heterocycles. The van der Waals surface area contributed by atoms with Crippen molar-refractivity contribution >= 4 is 17.9 Å². The minimum Gasteiger partial charge on any atom is -0.481 e. The normalized spacial score (nSPS) is 11.4. The van der Waals surface area contributed by atoms with Crippen molar-refractivity contribution in [3.05, 3.63) is 0 Å². The van der Waals surface area contributed by atoms with Gasteiger partial charge in [-0.15, -0.1) is 0 Å². The van der Waals surface area contributed by atoms with Crippen LogP contribution in [0.3, 0.4) is 0 Å². The van der Waals surface area contributed by atoms with Crippen molar-refractivity contribution < 1.29 is 19.8 Å². The third-order valence-corrected chi connectivity index (χ3v) is 6.70. The molecule has 0 unspecified atom stereocenters. The van der Waals surface area contributed by atoms with E-state index in [9.17, 15) is 14.7 Å². The van der Waals surface area contributed by atoms with E-state index < -0.39 is 18.0 Å². The van der Waals surface area contributed by atoms with Crippen LogP contribution in [0.4, 0.5) is 0 Å². The Morgan fingerprint density at radius 3 is 1.47 bits per heavy atom. The topological polar surface area (TPSA) is 149 Å². The van der Waals surface area contributed by atoms with Crippen LogP contribution < -0.4 is 16.4 Å². The Balaban J connectivity index is 0. The summed E-state index contributed by atoms with van der Waals surface area (Å²) in [5, 5.41) is 30.5. The summed E-state index contributed by atoms with van der Waals surface area (Å²) in [6.45, 7) is 5.77. The second-order valence-corrected chi connectivity index (χ2v) is 10.5. The summed E-state index contributed by atoms with van der Waals surface area (Å²) in [6.07, 6.45) is 25.5. The number of guanidine groups is 1. The van der Waals surface area contributed by atoms with E-state index in [0.29, 0.717) is 25.8 Å². The first-order valence-electron chi connectivity index (χ1n) is 15.6. The van der Waals surface area contributed by atoms with Gasteiger partial charge in [-0.2, -0.15) is 0 Å². The summed E-state index contributed by atoms with van der Waals surface area (Å²) in [5.41, 5.74) is 5.19. The quantitative estimate of drug-likeness (QED) is 0.0365. The Morgan fingerprint density at radius 1 is 0.658 bits per heavy atom. The SMILES string of the molecule is CCCCCCCCCCCC(=O)O.CCCCCCCCCCCCN[C@@H](CCCNC(=N)N)C(=O)O. The average molecular weight is 543 g/mol. The van der Waals surface area contributed by atoms with Gasteiger partial charge in [0.25, 0.3) is 0 Å². The van der Waals surface area contributed by atoms with Gasteiger partial charge in [0, 0.05) is 13.0 Å². The second-order valence-electron chi connectivity index (χ2n) is 10.5. The Kier molecular flexibility index (Phi) is 31.7. The van der Waals surface area contributed by atoms with Crippen LogP contribution in [-0.4, -0.2) is 47.2 Å². The molecular weight excluding hydrogens is 480 g/mol. The van der Waals surface area contributed by atoms with Gasteiger partial charge in [-0.05, 0) is 32.2 Å². The van der Waals surface area contributed by atoms with Crippen LogP contribution in [0.15, 0.2) is 0 Å². The Hall–Kier alpha value is -1.83. The van der Waals surface area contributed by atoms with Crippen LogP contribution in [0.2, 0.25) is 0 Å². The monoisotopic (exact) mass is 542 g/mol. The molecule has 0 saturated heterocycles. The molecule has 0 aromatic heterocycles. The molecule has 0 radical (unpaired) electrons. The van der Waals surface area contributed by atoms with Crippen molar-refractivity contribution in [1.29, 1.82) is 5.41 Å². The number of aliphatic carboxylic acids is 2. The highest BCUT2D eigenvalue weighted by Gasteiger charge is 2.15. The molecule has 0 amide bonds. The lowest BCUT2D eigenvalue weighted by atomic mass is 10.1. The molecule has 38 heavy (non-hydrogen) atoms. The molecule has 0 aromatic carbocycles. The van der Waals surface area contributed by atoms with Crippen LogP contribution >= 0.6 is 0 Å². The van der Waals surface area contributed by atoms with Crippen LogP contribution in [0.1, 0.15) is 155 Å². The van der Waals surface area contributed by atoms with Crippen molar-refractivity contribution in [3.8, 4) is 0 Å². The molecule has 0 rings (SSSR count). The van der Waals surface area contributed by atoms with Gasteiger partial charge in [0.05, 0.1) is 0 Å². The van der Waals surface area contributed by atoms with Crippen LogP contribution in [-0.2, 0) is 9.59 Å². The highest BCUT2D eigenvalue weighted by molar-refractivity contribution is 5.74. The van der Waals surface area contributed by atoms with Crippen molar-refractivity contribution in [1.82, 2.24) is 10.6 Å². The molecular formula is C30H62N4O4. The third kappa shape index (κ3) is 34.2. The van der Waals surface area contributed by atoms with E-state index in [1.807, 2.05) is 0 Å². The number of hydrogen-bond donors (Lipinski definition) is 6. The lowest BCUT2D eigenvalue weighted by Gasteiger charge is -2.14. The van der Waals surface area contributed by atoms with Crippen LogP contribution in [0.5, 0.6) is 0 Å². The molecule has 0 aliphatic rings. The molecule has 226 valence electrons. The Labute approximate surface area is 233 Å². The van der Waals surface area contributed by atoms with Crippen molar-refractivity contribution in [3.63, 3.8) is 0 Å². The summed E-state index contributed by atoms with van der Waals surface area (Å²) in [6, 6.07) is -0.502. The summed E-state index contributed by atoms with van der Waals surface area (Å²) in [5.74, 6) is -1.53. The fourth-order valence-electron chi connectivity index (χ4n) is 4.32. The molecule has 0 spiro atoms. The summed E-state index contributed by atoms with van der Waals surface area (Å²) < 4.78 is 0. The predicted molar refractivity (Wildman–Crippen MR) is 160 cm³/mol. The molecule has 0 saturated carbocycles. The standard InChI is InChI=1S/C18H38N4O2.C12H24O2/c1-2-3-4-5-6-7-8-9-10-11-14-21-16(17(23)24)13-12-15-22-18(19)20;1-2-3-4-5-6-7-8-9-10-11-12(13)14/h16,21H,2-15H2,1H3,(H,23,24)(H4,19,20,22);2-11H2,1H3,(H,13,14)/t16-;/m0./s1. The molecule has 7 N–H and O–H groups in total. The Bertz CT molecular complexity index is 546. The zero-order valence-corrected chi connectivity index (χ0v) is 24.8. The van der Waals surface area contributed by atoms with E-state index in [2.05, 4.69) is 24.5 Å². The van der Waals surface area contributed by atoms with E-state index in [4.69, 9.17) is 16.2 Å². The maximum atomic E-state index is 11.2. The predicted octanol–water partition coefficient (Wildman–Crippen LogP) is 7.21. The van der Waals surface area contributed by atoms with Gasteiger partial charge >= 0.3 is 11.9 Å². The number of nitrogens with two attached hydrogens (primary N) is 1. The Morgan fingerprint density at radius 2 is 1.08 bits per heavy atom. The number of carbonyl (C=O) groups is 2. The fraction of sp³-hybridized carbons (Fsp3) is 0.900. The summed E-state index contributed by atoms with van der Waals surface area (Å²) in [4.78, 5) is 21.4. The minimum absolute atomic E-state index is 0.0693. The number of rotatable bonds is 27. The largest absolute Gasteiger partial charge is 0.481 e. The van der Waals surface area contributed by atoms with E-state index in [1.54, 1.807) is 0 Å². The summed E-state index contributed by atoms with van der Waals surface area (Å²) >= 11 is 0. The lowest BCUT2D eigenvalue weighted by molar-refractivity contribution is -0.140. The highest BCUT2D eigenvalue weighted by atomic mass is 16.4. The van der Waals surface area contributed by atoms with Crippen molar-refractivity contribution in [2.75, 3.05) is 13.1 Å². The van der Waals surface area contributed by atoms with Crippen LogP contribution in [0, 0.1) is 5.41 Å². The molecule has 0 fully saturated rings. The van der Waals surface area contributed by atoms with E-state index in [0.717, 1.165) is 25.8 Å². The zero-order valence-electron chi connectivity index (χ0n) is 24.8. The molecule has 8 heteroatoms. The zero-order chi connectivity index (χ0) is 28.7. The van der Waals surface area contributed by atoms with E-state index in [1.165, 1.54) is 103 Å². The van der Waals surface area contributed by atoms with Crippen molar-refractivity contribution in [2.45, 2.75) is 161 Å². The molecule has 0 aliphatic carbocycles. The molecule has 8 nitrogen and oxygen atoms in total. The van der Waals surface area contributed by atoms with Gasteiger partial charge in [-0.1, -0.05) is 123 Å². The van der Waals surface area contributed by atoms with E-state index >= 15 is 0 Å². The van der Waals surface area contributed by atoms with E-state index in [-0.39, 0.29) is 5.96 Å². The number of nitrogens with one attached hydrogen (secondary N) is 3. The number of carboxylic acid groups (broad SMARTS) is 2. The smallest absolute Gasteiger partial charge is 0.320 e. The van der Waals surface area contributed by atoms with Crippen LogP contribution in [0.25, 0.3) is 0 Å². The molecule has 0 heterocycles. The summed E-state index contributed by atoms with van der Waals surface area (Å²) in [7, 11) is 0. The minimum atomic E-state index is -0.801. The van der Waals surface area contributed by atoms with Gasteiger partial charge in [-0.3, -0.25) is 15.0 Å². The van der Waals surface area contributed by atoms with Crippen molar-refractivity contribution in [2.24, 2.45) is 5.73 Å². The lowest BCUT2D eigenvalue weighted by Crippen LogP contribution is -2.38. The fourth-order valence-corrected chi connectivity index (χ4v) is 4.32. The maximum absolute atomic E-state index is 11.2. The molecule has 1 atom stereocenters. The third-order valence-electron chi connectivity index (χ3n) is 6.70. The number of carboxylic acids is 2. The van der Waals surface area contributed by atoms with Gasteiger partial charge < -0.3 is 26.6 Å². The highest BCUT2D eigenvalue weighted by Crippen LogP contribution is 2.11. The first-order chi connectivity index (χ1) is 18.3. The first kappa shape index (κ1) is 38.3. The van der Waals surface area contributed by atoms with Gasteiger partial charge in [0.1, 0.15) is 6.04 Å². The number of hydrogen-bond acceptors (Lipinski definition) is 4. The second kappa shape index (κ2) is 31.4. The van der Waals surface area contributed by atoms with Gasteiger partial charge in [-0.25, -0.2) is 0 Å². The average Bonchev–Trinajstić information content (AvgIpc) is 2.87. The number of unbranched alkanes of at least 4 members (excludes halogenated alkanes) is 17. The van der Waals surface area contributed by atoms with Gasteiger partial charge in [0.2, 0.25) is 0 Å².